The van der Waals surface area contributed by atoms with Crippen molar-refractivity contribution in [2.24, 2.45) is 0 Å². The van der Waals surface area contributed by atoms with E-state index >= 15 is 0 Å². The zero-order chi connectivity index (χ0) is 25.7. The van der Waals surface area contributed by atoms with E-state index in [1.165, 1.54) is 12.0 Å². The number of carbonyl (C=O) groups excluding carboxylic acids is 3. The monoisotopic (exact) mass is 566 g/mol. The maximum Gasteiger partial charge on any atom is 0.293 e. The molecule has 0 aliphatic carbocycles. The average molecular weight is 567 g/mol. The molecule has 4 rings (SSSR count). The van der Waals surface area contributed by atoms with Gasteiger partial charge in [-0.05, 0) is 71.8 Å². The van der Waals surface area contributed by atoms with E-state index in [-0.39, 0.29) is 30.2 Å². The molecule has 0 bridgehead atoms. The van der Waals surface area contributed by atoms with Gasteiger partial charge in [0.05, 0.1) is 18.6 Å². The van der Waals surface area contributed by atoms with Gasteiger partial charge in [-0.15, -0.1) is 0 Å². The molecule has 3 aromatic rings. The van der Waals surface area contributed by atoms with Gasteiger partial charge in [-0.3, -0.25) is 19.3 Å². The Balaban J connectivity index is 1.42. The predicted octanol–water partition coefficient (Wildman–Crippen LogP) is 6.02. The van der Waals surface area contributed by atoms with Crippen LogP contribution in [0.15, 0.2) is 76.1 Å². The fourth-order valence-electron chi connectivity index (χ4n) is 3.50. The molecule has 1 heterocycles. The first kappa shape index (κ1) is 25.5. The topological polar surface area (TPSA) is 84.9 Å². The van der Waals surface area contributed by atoms with Crippen LogP contribution in [-0.4, -0.2) is 35.7 Å². The van der Waals surface area contributed by atoms with Gasteiger partial charge in [-0.2, -0.15) is 0 Å². The molecule has 0 saturated carbocycles. The van der Waals surface area contributed by atoms with Crippen molar-refractivity contribution in [3.8, 4) is 11.5 Å². The summed E-state index contributed by atoms with van der Waals surface area (Å²) in [4.78, 5) is 39.2. The number of benzene rings is 3. The highest BCUT2D eigenvalue weighted by Gasteiger charge is 2.35. The molecule has 1 fully saturated rings. The number of hydrogen-bond acceptors (Lipinski definition) is 6. The van der Waals surface area contributed by atoms with E-state index in [0.717, 1.165) is 33.0 Å². The highest BCUT2D eigenvalue weighted by atomic mass is 79.9. The molecule has 0 atom stereocenters. The van der Waals surface area contributed by atoms with Gasteiger partial charge >= 0.3 is 0 Å². The Kier molecular flexibility index (Phi) is 8.12. The number of carbonyl (C=O) groups is 3. The van der Waals surface area contributed by atoms with Crippen LogP contribution in [-0.2, 0) is 16.1 Å². The minimum Gasteiger partial charge on any atom is -0.493 e. The number of amides is 3. The van der Waals surface area contributed by atoms with E-state index in [2.05, 4.69) is 21.2 Å². The Hall–Kier alpha value is -3.56. The Morgan fingerprint density at radius 2 is 1.81 bits per heavy atom. The van der Waals surface area contributed by atoms with Gasteiger partial charge in [0.2, 0.25) is 0 Å². The number of nitrogens with one attached hydrogen (secondary N) is 1. The Bertz CT molecular complexity index is 1340. The fourth-order valence-corrected chi connectivity index (χ4v) is 4.60. The molecule has 7 nitrogen and oxygen atoms in total. The number of methoxy groups -OCH3 is 1. The first-order valence-corrected chi connectivity index (χ1v) is 12.6. The number of aryl methyl sites for hydroxylation is 1. The molecule has 1 N–H and O–H groups in total. The largest absolute Gasteiger partial charge is 0.493 e. The lowest BCUT2D eigenvalue weighted by Gasteiger charge is -2.13. The third-order valence-electron chi connectivity index (χ3n) is 5.39. The van der Waals surface area contributed by atoms with Gasteiger partial charge in [-0.1, -0.05) is 52.3 Å². The van der Waals surface area contributed by atoms with Crippen molar-refractivity contribution in [2.75, 3.05) is 19.0 Å². The summed E-state index contributed by atoms with van der Waals surface area (Å²) in [6.45, 7) is 1.92. The lowest BCUT2D eigenvalue weighted by molar-refractivity contribution is -0.123. The number of imide groups is 1. The second-order valence-corrected chi connectivity index (χ2v) is 9.87. The van der Waals surface area contributed by atoms with Gasteiger partial charge in [0, 0.05) is 10.2 Å². The average Bonchev–Trinajstić information content (AvgIpc) is 3.13. The number of para-hydroxylation sites is 1. The molecule has 184 valence electrons. The van der Waals surface area contributed by atoms with Crippen LogP contribution in [0.2, 0.25) is 0 Å². The van der Waals surface area contributed by atoms with E-state index in [4.69, 9.17) is 9.47 Å². The van der Waals surface area contributed by atoms with Crippen LogP contribution in [0, 0.1) is 6.92 Å². The maximum absolute atomic E-state index is 12.9. The number of anilines is 1. The SMILES string of the molecule is COc1cc(/C=C2\SC(=O)N(Cc3ccc(Br)cc3)C2=O)ccc1OCC(=O)Nc1ccccc1C. The van der Waals surface area contributed by atoms with Crippen molar-refractivity contribution in [3.63, 3.8) is 0 Å². The predicted molar refractivity (Wildman–Crippen MR) is 144 cm³/mol. The normalized spacial score (nSPS) is 14.3. The molecule has 3 aromatic carbocycles. The Morgan fingerprint density at radius 3 is 2.53 bits per heavy atom. The summed E-state index contributed by atoms with van der Waals surface area (Å²) in [5.74, 6) is 0.148. The molecule has 1 aliphatic heterocycles. The van der Waals surface area contributed by atoms with E-state index in [9.17, 15) is 14.4 Å². The molecule has 0 radical (unpaired) electrons. The molecule has 1 aliphatic rings. The van der Waals surface area contributed by atoms with Crippen LogP contribution in [0.1, 0.15) is 16.7 Å². The van der Waals surface area contributed by atoms with E-state index < -0.39 is 0 Å². The number of nitrogens with zero attached hydrogens (tertiary/aromatic N) is 1. The molecule has 0 unspecified atom stereocenters. The van der Waals surface area contributed by atoms with E-state index in [1.54, 1.807) is 24.3 Å². The summed E-state index contributed by atoms with van der Waals surface area (Å²) in [5.41, 5.74) is 3.20. The molecule has 0 spiro atoms. The van der Waals surface area contributed by atoms with Crippen molar-refractivity contribution in [1.29, 1.82) is 0 Å². The van der Waals surface area contributed by atoms with E-state index in [0.29, 0.717) is 22.0 Å². The zero-order valence-corrected chi connectivity index (χ0v) is 22.0. The molecule has 1 saturated heterocycles. The van der Waals surface area contributed by atoms with Gasteiger partial charge in [-0.25, -0.2) is 0 Å². The summed E-state index contributed by atoms with van der Waals surface area (Å²) >= 11 is 4.28. The van der Waals surface area contributed by atoms with Crippen LogP contribution in [0.3, 0.4) is 0 Å². The number of hydrogen-bond donors (Lipinski definition) is 1. The van der Waals surface area contributed by atoms with Crippen LogP contribution < -0.4 is 14.8 Å². The summed E-state index contributed by atoms with van der Waals surface area (Å²) < 4.78 is 12.0. The summed E-state index contributed by atoms with van der Waals surface area (Å²) in [5, 5.41) is 2.50. The number of rotatable bonds is 8. The fraction of sp³-hybridized carbons (Fsp3) is 0.148. The molecular formula is C27H23BrN2O5S. The quantitative estimate of drug-likeness (QED) is 0.335. The van der Waals surface area contributed by atoms with Gasteiger partial charge < -0.3 is 14.8 Å². The van der Waals surface area contributed by atoms with Gasteiger partial charge in [0.15, 0.2) is 18.1 Å². The van der Waals surface area contributed by atoms with Crippen LogP contribution in [0.4, 0.5) is 10.5 Å². The first-order chi connectivity index (χ1) is 17.3. The number of halogens is 1. The zero-order valence-electron chi connectivity index (χ0n) is 19.6. The molecule has 3 amide bonds. The first-order valence-electron chi connectivity index (χ1n) is 11.0. The van der Waals surface area contributed by atoms with Crippen molar-refractivity contribution in [1.82, 2.24) is 4.90 Å². The van der Waals surface area contributed by atoms with Crippen molar-refractivity contribution >= 4 is 56.5 Å². The van der Waals surface area contributed by atoms with Gasteiger partial charge in [0.1, 0.15) is 0 Å². The number of thioether (sulfide) groups is 1. The number of ether oxygens (including phenoxy) is 2. The summed E-state index contributed by atoms with van der Waals surface area (Å²) in [6, 6.07) is 20.0. The Labute approximate surface area is 221 Å². The van der Waals surface area contributed by atoms with Crippen molar-refractivity contribution in [3.05, 3.63) is 92.8 Å². The van der Waals surface area contributed by atoms with Crippen molar-refractivity contribution in [2.45, 2.75) is 13.5 Å². The second kappa shape index (κ2) is 11.5. The third kappa shape index (κ3) is 6.16. The lowest BCUT2D eigenvalue weighted by Crippen LogP contribution is -2.27. The minimum atomic E-state index is -0.347. The Morgan fingerprint density at radius 1 is 1.06 bits per heavy atom. The van der Waals surface area contributed by atoms with Crippen LogP contribution in [0.25, 0.3) is 6.08 Å². The van der Waals surface area contributed by atoms with E-state index in [1.807, 2.05) is 55.5 Å². The van der Waals surface area contributed by atoms with Crippen molar-refractivity contribution < 1.29 is 23.9 Å². The third-order valence-corrected chi connectivity index (χ3v) is 6.83. The molecular weight excluding hydrogens is 544 g/mol. The van der Waals surface area contributed by atoms with Gasteiger partial charge in [0.25, 0.3) is 17.1 Å². The standard InChI is InChI=1S/C27H23BrN2O5S/c1-17-5-3-4-6-21(17)29-25(31)16-35-22-12-9-19(13-23(22)34-2)14-24-26(32)30(27(33)36-24)15-18-7-10-20(28)11-8-18/h3-14H,15-16H2,1-2H3,(H,29,31)/b24-14-. The highest BCUT2D eigenvalue weighted by molar-refractivity contribution is 9.10. The summed E-state index contributed by atoms with van der Waals surface area (Å²) in [7, 11) is 1.49. The summed E-state index contributed by atoms with van der Waals surface area (Å²) in [6.07, 6.45) is 1.64. The second-order valence-electron chi connectivity index (χ2n) is 7.96. The van der Waals surface area contributed by atoms with Crippen LogP contribution >= 0.6 is 27.7 Å². The smallest absolute Gasteiger partial charge is 0.293 e. The molecule has 9 heteroatoms. The maximum atomic E-state index is 12.9. The van der Waals surface area contributed by atoms with Crippen LogP contribution in [0.5, 0.6) is 11.5 Å². The molecule has 36 heavy (non-hydrogen) atoms. The lowest BCUT2D eigenvalue weighted by atomic mass is 10.1. The minimum absolute atomic E-state index is 0.195. The molecule has 0 aromatic heterocycles. The highest BCUT2D eigenvalue weighted by Crippen LogP contribution is 2.35.